The minimum atomic E-state index is -0.407. The molecule has 0 heterocycles. The largest absolute Gasteiger partial charge is 0.497 e. The van der Waals surface area contributed by atoms with Crippen LogP contribution in [0.4, 0.5) is 4.39 Å². The molecule has 1 aromatic rings. The number of benzene rings is 1. The van der Waals surface area contributed by atoms with Crippen molar-refractivity contribution < 1.29 is 9.13 Å². The topological polar surface area (TPSA) is 9.23 Å². The summed E-state index contributed by atoms with van der Waals surface area (Å²) in [5.41, 5.74) is 1.66. The number of aryl methyl sites for hydroxylation is 1. The third-order valence-corrected chi connectivity index (χ3v) is 1.69. The van der Waals surface area contributed by atoms with Crippen molar-refractivity contribution in [2.45, 2.75) is 13.6 Å². The number of methoxy groups -OCH3 is 1. The van der Waals surface area contributed by atoms with Gasteiger partial charge in [0, 0.05) is 0 Å². The van der Waals surface area contributed by atoms with Crippen LogP contribution in [0, 0.1) is 6.92 Å². The summed E-state index contributed by atoms with van der Waals surface area (Å²) in [7, 11) is 1.60. The van der Waals surface area contributed by atoms with E-state index >= 15 is 0 Å². The van der Waals surface area contributed by atoms with E-state index in [2.05, 4.69) is 0 Å². The van der Waals surface area contributed by atoms with Crippen LogP contribution < -0.4 is 4.74 Å². The highest BCUT2D eigenvalue weighted by atomic mass is 19.1. The fourth-order valence-corrected chi connectivity index (χ4v) is 0.945. The van der Waals surface area contributed by atoms with Gasteiger partial charge in [0.1, 0.15) is 12.4 Å². The van der Waals surface area contributed by atoms with E-state index in [-0.39, 0.29) is 0 Å². The predicted molar refractivity (Wildman–Crippen MR) is 42.5 cm³/mol. The Morgan fingerprint density at radius 1 is 1.45 bits per heavy atom. The minimum absolute atomic E-state index is 0.407. The van der Waals surface area contributed by atoms with Gasteiger partial charge < -0.3 is 4.74 Å². The Morgan fingerprint density at radius 2 is 2.18 bits per heavy atom. The van der Waals surface area contributed by atoms with E-state index in [1.807, 2.05) is 13.0 Å². The normalized spacial score (nSPS) is 9.73. The van der Waals surface area contributed by atoms with E-state index in [1.165, 1.54) is 0 Å². The Balaban J connectivity index is 2.99. The van der Waals surface area contributed by atoms with Gasteiger partial charge >= 0.3 is 0 Å². The Hall–Kier alpha value is -1.05. The molecule has 0 N–H and O–H groups in total. The summed E-state index contributed by atoms with van der Waals surface area (Å²) in [6.45, 7) is 1.47. The Labute approximate surface area is 65.8 Å². The highest BCUT2D eigenvalue weighted by Gasteiger charge is 1.98. The van der Waals surface area contributed by atoms with Crippen molar-refractivity contribution in [3.63, 3.8) is 0 Å². The Bertz CT molecular complexity index is 245. The number of ether oxygens (including phenoxy) is 1. The maximum Gasteiger partial charge on any atom is 0.119 e. The average molecular weight is 154 g/mol. The predicted octanol–water partition coefficient (Wildman–Crippen LogP) is 2.47. The molecule has 0 amide bonds. The van der Waals surface area contributed by atoms with Crippen molar-refractivity contribution >= 4 is 0 Å². The third kappa shape index (κ3) is 1.70. The molecular formula is C9H11FO. The zero-order valence-electron chi connectivity index (χ0n) is 6.73. The molecule has 0 bridgehead atoms. The van der Waals surface area contributed by atoms with Crippen molar-refractivity contribution in [3.8, 4) is 5.75 Å². The molecular weight excluding hydrogens is 143 g/mol. The summed E-state index contributed by atoms with van der Waals surface area (Å²) < 4.78 is 17.2. The van der Waals surface area contributed by atoms with Crippen molar-refractivity contribution in [1.29, 1.82) is 0 Å². The van der Waals surface area contributed by atoms with Crippen molar-refractivity contribution in [2.24, 2.45) is 0 Å². The lowest BCUT2D eigenvalue weighted by atomic mass is 10.1. The number of hydrogen-bond acceptors (Lipinski definition) is 1. The first-order valence-electron chi connectivity index (χ1n) is 3.47. The molecule has 0 aliphatic rings. The summed E-state index contributed by atoms with van der Waals surface area (Å²) in [5, 5.41) is 0. The second-order valence-electron chi connectivity index (χ2n) is 2.43. The number of alkyl halides is 1. The van der Waals surface area contributed by atoms with Gasteiger partial charge in [-0.1, -0.05) is 6.07 Å². The molecule has 0 aliphatic carbocycles. The molecule has 0 aromatic heterocycles. The molecule has 11 heavy (non-hydrogen) atoms. The van der Waals surface area contributed by atoms with Crippen LogP contribution in [0.3, 0.4) is 0 Å². The van der Waals surface area contributed by atoms with Crippen LogP contribution in [0.15, 0.2) is 18.2 Å². The van der Waals surface area contributed by atoms with E-state index < -0.39 is 6.67 Å². The van der Waals surface area contributed by atoms with E-state index in [0.29, 0.717) is 0 Å². The fourth-order valence-electron chi connectivity index (χ4n) is 0.945. The Kier molecular flexibility index (Phi) is 2.47. The summed E-state index contributed by atoms with van der Waals surface area (Å²) in [6, 6.07) is 5.34. The molecule has 1 rings (SSSR count). The maximum absolute atomic E-state index is 12.2. The lowest BCUT2D eigenvalue weighted by Crippen LogP contribution is -1.87. The highest BCUT2D eigenvalue weighted by molar-refractivity contribution is 5.34. The summed E-state index contributed by atoms with van der Waals surface area (Å²) in [5.74, 6) is 0.778. The molecule has 1 aromatic carbocycles. The standard InChI is InChI=1S/C9H11FO/c1-7-5-9(11-2)4-3-8(7)6-10/h3-5H,6H2,1-2H3. The molecule has 0 aliphatic heterocycles. The maximum atomic E-state index is 12.2. The van der Waals surface area contributed by atoms with E-state index in [1.54, 1.807) is 19.2 Å². The molecule has 0 spiro atoms. The van der Waals surface area contributed by atoms with Crippen LogP contribution in [-0.4, -0.2) is 7.11 Å². The van der Waals surface area contributed by atoms with Gasteiger partial charge in [0.2, 0.25) is 0 Å². The first-order valence-corrected chi connectivity index (χ1v) is 3.47. The van der Waals surface area contributed by atoms with Gasteiger partial charge in [-0.15, -0.1) is 0 Å². The molecule has 0 saturated heterocycles. The first kappa shape index (κ1) is 8.05. The summed E-state index contributed by atoms with van der Waals surface area (Å²) in [4.78, 5) is 0. The van der Waals surface area contributed by atoms with Crippen LogP contribution in [0.5, 0.6) is 5.75 Å². The zero-order chi connectivity index (χ0) is 8.27. The van der Waals surface area contributed by atoms with E-state index in [9.17, 15) is 4.39 Å². The first-order chi connectivity index (χ1) is 5.27. The van der Waals surface area contributed by atoms with Crippen LogP contribution >= 0.6 is 0 Å². The minimum Gasteiger partial charge on any atom is -0.497 e. The monoisotopic (exact) mass is 154 g/mol. The van der Waals surface area contributed by atoms with Gasteiger partial charge in [0.15, 0.2) is 0 Å². The van der Waals surface area contributed by atoms with Gasteiger partial charge in [0.05, 0.1) is 7.11 Å². The van der Waals surface area contributed by atoms with Crippen LogP contribution in [-0.2, 0) is 6.67 Å². The van der Waals surface area contributed by atoms with Crippen molar-refractivity contribution in [1.82, 2.24) is 0 Å². The SMILES string of the molecule is COc1ccc(CF)c(C)c1. The average Bonchev–Trinajstić information content (AvgIpc) is 2.04. The number of halogens is 1. The molecule has 1 nitrogen and oxygen atoms in total. The van der Waals surface area contributed by atoms with Gasteiger partial charge in [-0.25, -0.2) is 4.39 Å². The molecule has 0 unspecified atom stereocenters. The highest BCUT2D eigenvalue weighted by Crippen LogP contribution is 2.17. The molecule has 2 heteroatoms. The zero-order valence-corrected chi connectivity index (χ0v) is 6.73. The molecule has 0 radical (unpaired) electrons. The van der Waals surface area contributed by atoms with Gasteiger partial charge in [-0.05, 0) is 30.2 Å². The van der Waals surface area contributed by atoms with Gasteiger partial charge in [0.25, 0.3) is 0 Å². The number of hydrogen-bond donors (Lipinski definition) is 0. The third-order valence-electron chi connectivity index (χ3n) is 1.69. The second-order valence-corrected chi connectivity index (χ2v) is 2.43. The second kappa shape index (κ2) is 3.37. The molecule has 60 valence electrons. The number of rotatable bonds is 2. The summed E-state index contributed by atoms with van der Waals surface area (Å²) in [6.07, 6.45) is 0. The van der Waals surface area contributed by atoms with Crippen LogP contribution in [0.2, 0.25) is 0 Å². The lowest BCUT2D eigenvalue weighted by Gasteiger charge is -2.03. The van der Waals surface area contributed by atoms with Crippen molar-refractivity contribution in [3.05, 3.63) is 29.3 Å². The van der Waals surface area contributed by atoms with Crippen molar-refractivity contribution in [2.75, 3.05) is 7.11 Å². The molecule has 0 fully saturated rings. The Morgan fingerprint density at radius 3 is 2.64 bits per heavy atom. The van der Waals surface area contributed by atoms with Gasteiger partial charge in [-0.2, -0.15) is 0 Å². The summed E-state index contributed by atoms with van der Waals surface area (Å²) >= 11 is 0. The molecule has 0 saturated carbocycles. The van der Waals surface area contributed by atoms with E-state index in [4.69, 9.17) is 4.74 Å². The van der Waals surface area contributed by atoms with Crippen LogP contribution in [0.1, 0.15) is 11.1 Å². The van der Waals surface area contributed by atoms with Crippen LogP contribution in [0.25, 0.3) is 0 Å². The van der Waals surface area contributed by atoms with Gasteiger partial charge in [-0.3, -0.25) is 0 Å². The quantitative estimate of drug-likeness (QED) is 0.635. The lowest BCUT2D eigenvalue weighted by molar-refractivity contribution is 0.413. The van der Waals surface area contributed by atoms with E-state index in [0.717, 1.165) is 16.9 Å². The smallest absolute Gasteiger partial charge is 0.119 e. The molecule has 0 atom stereocenters. The fraction of sp³-hybridized carbons (Fsp3) is 0.333.